The maximum Gasteiger partial charge on any atom is -0.0132 e. The van der Waals surface area contributed by atoms with Crippen LogP contribution in [0, 0.1) is 0 Å². The molecular formula is C22H30. The fourth-order valence-corrected chi connectivity index (χ4v) is 2.71. The Hall–Kier alpha value is -1.56. The lowest BCUT2D eigenvalue weighted by molar-refractivity contribution is 0.590. The van der Waals surface area contributed by atoms with Gasteiger partial charge in [-0.25, -0.2) is 0 Å². The predicted octanol–water partition coefficient (Wildman–Crippen LogP) is 6.28. The number of hydrogen-bond acceptors (Lipinski definition) is 0. The van der Waals surface area contributed by atoms with Gasteiger partial charge in [0.1, 0.15) is 0 Å². The third-order valence-corrected chi connectivity index (χ3v) is 4.68. The highest BCUT2D eigenvalue weighted by Crippen LogP contribution is 2.23. The zero-order valence-electron chi connectivity index (χ0n) is 14.8. The molecule has 0 aliphatic heterocycles. The van der Waals surface area contributed by atoms with Crippen molar-refractivity contribution in [3.05, 3.63) is 70.8 Å². The highest BCUT2D eigenvalue weighted by molar-refractivity contribution is 5.29. The van der Waals surface area contributed by atoms with E-state index < -0.39 is 0 Å². The van der Waals surface area contributed by atoms with Crippen LogP contribution in [0.5, 0.6) is 0 Å². The van der Waals surface area contributed by atoms with E-state index in [1.165, 1.54) is 28.7 Å². The van der Waals surface area contributed by atoms with Crippen molar-refractivity contribution in [3.63, 3.8) is 0 Å². The van der Waals surface area contributed by atoms with Crippen LogP contribution < -0.4 is 0 Å². The van der Waals surface area contributed by atoms with Crippen LogP contribution in [0.1, 0.15) is 69.2 Å². The number of benzene rings is 2. The summed E-state index contributed by atoms with van der Waals surface area (Å²) < 4.78 is 0. The average Bonchev–Trinajstić information content (AvgIpc) is 2.52. The Kier molecular flexibility index (Phi) is 5.45. The van der Waals surface area contributed by atoms with Gasteiger partial charge in [0, 0.05) is 0 Å². The van der Waals surface area contributed by atoms with E-state index in [4.69, 9.17) is 0 Å². The molecular weight excluding hydrogens is 264 g/mol. The first kappa shape index (κ1) is 16.8. The van der Waals surface area contributed by atoms with Crippen LogP contribution in [-0.4, -0.2) is 0 Å². The Morgan fingerprint density at radius 3 is 1.64 bits per heavy atom. The van der Waals surface area contributed by atoms with E-state index in [-0.39, 0.29) is 5.41 Å². The molecule has 0 bridgehead atoms. The number of rotatable bonds is 5. The lowest BCUT2D eigenvalue weighted by atomic mass is 9.86. The second-order valence-corrected chi connectivity index (χ2v) is 7.50. The Labute approximate surface area is 136 Å². The first-order valence-electron chi connectivity index (χ1n) is 8.58. The van der Waals surface area contributed by atoms with Gasteiger partial charge in [-0.3, -0.25) is 0 Å². The van der Waals surface area contributed by atoms with Crippen molar-refractivity contribution in [1.82, 2.24) is 0 Å². The molecule has 0 radical (unpaired) electrons. The SMILES string of the molecule is CCC(C)c1ccc(CCc2ccc(C(C)(C)C)cc2)cc1. The predicted molar refractivity (Wildman–Crippen MR) is 97.7 cm³/mol. The van der Waals surface area contributed by atoms with Crippen molar-refractivity contribution < 1.29 is 0 Å². The molecule has 0 nitrogen and oxygen atoms in total. The van der Waals surface area contributed by atoms with Crippen molar-refractivity contribution in [2.45, 2.75) is 65.2 Å². The van der Waals surface area contributed by atoms with E-state index in [1.807, 2.05) is 0 Å². The topological polar surface area (TPSA) is 0 Å². The average molecular weight is 294 g/mol. The summed E-state index contributed by atoms with van der Waals surface area (Å²) in [5, 5.41) is 0. The Bertz CT molecular complexity index is 567. The van der Waals surface area contributed by atoms with Gasteiger partial charge in [0.2, 0.25) is 0 Å². The van der Waals surface area contributed by atoms with Crippen LogP contribution in [-0.2, 0) is 18.3 Å². The quantitative estimate of drug-likeness (QED) is 0.608. The Morgan fingerprint density at radius 2 is 1.23 bits per heavy atom. The van der Waals surface area contributed by atoms with E-state index in [1.54, 1.807) is 0 Å². The summed E-state index contributed by atoms with van der Waals surface area (Å²) in [7, 11) is 0. The second-order valence-electron chi connectivity index (χ2n) is 7.50. The van der Waals surface area contributed by atoms with E-state index in [0.29, 0.717) is 5.92 Å². The standard InChI is InChI=1S/C22H30/c1-6-17(2)20-13-9-18(10-14-20)7-8-19-11-15-21(16-12-19)22(3,4)5/h9-17H,6-8H2,1-5H3. The summed E-state index contributed by atoms with van der Waals surface area (Å²) in [6, 6.07) is 18.3. The highest BCUT2D eigenvalue weighted by atomic mass is 14.2. The van der Waals surface area contributed by atoms with Gasteiger partial charge in [-0.1, -0.05) is 83.1 Å². The Balaban J connectivity index is 1.95. The normalized spacial score (nSPS) is 13.1. The minimum atomic E-state index is 0.240. The van der Waals surface area contributed by atoms with Crippen molar-refractivity contribution in [2.24, 2.45) is 0 Å². The fraction of sp³-hybridized carbons (Fsp3) is 0.455. The molecule has 1 unspecified atom stereocenters. The van der Waals surface area contributed by atoms with Gasteiger partial charge in [-0.2, -0.15) is 0 Å². The molecule has 0 heterocycles. The molecule has 2 aromatic carbocycles. The molecule has 0 aliphatic rings. The van der Waals surface area contributed by atoms with Crippen LogP contribution in [0.15, 0.2) is 48.5 Å². The lowest BCUT2D eigenvalue weighted by Crippen LogP contribution is -2.10. The third kappa shape index (κ3) is 4.47. The molecule has 0 saturated carbocycles. The minimum Gasteiger partial charge on any atom is -0.0648 e. The summed E-state index contributed by atoms with van der Waals surface area (Å²) >= 11 is 0. The van der Waals surface area contributed by atoms with E-state index in [9.17, 15) is 0 Å². The van der Waals surface area contributed by atoms with Crippen LogP contribution in [0.25, 0.3) is 0 Å². The Morgan fingerprint density at radius 1 is 0.773 bits per heavy atom. The first-order chi connectivity index (χ1) is 10.4. The molecule has 0 saturated heterocycles. The summed E-state index contributed by atoms with van der Waals surface area (Å²) in [5.41, 5.74) is 5.98. The number of hydrogen-bond donors (Lipinski definition) is 0. The van der Waals surface area contributed by atoms with E-state index in [0.717, 1.165) is 12.8 Å². The third-order valence-electron chi connectivity index (χ3n) is 4.68. The number of aryl methyl sites for hydroxylation is 2. The maximum atomic E-state index is 2.30. The maximum absolute atomic E-state index is 2.30. The highest BCUT2D eigenvalue weighted by Gasteiger charge is 2.12. The van der Waals surface area contributed by atoms with E-state index in [2.05, 4.69) is 83.1 Å². The van der Waals surface area contributed by atoms with Gasteiger partial charge in [-0.15, -0.1) is 0 Å². The summed E-state index contributed by atoms with van der Waals surface area (Å²) in [5.74, 6) is 0.666. The molecule has 1 atom stereocenters. The van der Waals surface area contributed by atoms with Gasteiger partial charge in [0.05, 0.1) is 0 Å². The molecule has 0 spiro atoms. The monoisotopic (exact) mass is 294 g/mol. The summed E-state index contributed by atoms with van der Waals surface area (Å²) in [4.78, 5) is 0. The molecule has 0 aliphatic carbocycles. The largest absolute Gasteiger partial charge is 0.0648 e. The van der Waals surface area contributed by atoms with Gasteiger partial charge in [-0.05, 0) is 52.8 Å². The van der Waals surface area contributed by atoms with Crippen LogP contribution in [0.2, 0.25) is 0 Å². The molecule has 0 N–H and O–H groups in total. The molecule has 118 valence electrons. The molecule has 2 aromatic rings. The van der Waals surface area contributed by atoms with Gasteiger partial charge >= 0.3 is 0 Å². The van der Waals surface area contributed by atoms with Crippen LogP contribution in [0.4, 0.5) is 0 Å². The van der Waals surface area contributed by atoms with Crippen molar-refractivity contribution >= 4 is 0 Å². The minimum absolute atomic E-state index is 0.240. The van der Waals surface area contributed by atoms with Gasteiger partial charge in [0.25, 0.3) is 0 Å². The molecule has 0 amide bonds. The zero-order chi connectivity index (χ0) is 16.2. The van der Waals surface area contributed by atoms with Crippen LogP contribution in [0.3, 0.4) is 0 Å². The smallest absolute Gasteiger partial charge is 0.0132 e. The fourth-order valence-electron chi connectivity index (χ4n) is 2.71. The molecule has 2 rings (SSSR count). The van der Waals surface area contributed by atoms with Gasteiger partial charge in [0.15, 0.2) is 0 Å². The zero-order valence-corrected chi connectivity index (χ0v) is 14.8. The van der Waals surface area contributed by atoms with E-state index >= 15 is 0 Å². The van der Waals surface area contributed by atoms with Crippen molar-refractivity contribution in [2.75, 3.05) is 0 Å². The van der Waals surface area contributed by atoms with Crippen molar-refractivity contribution in [3.8, 4) is 0 Å². The van der Waals surface area contributed by atoms with Crippen molar-refractivity contribution in [1.29, 1.82) is 0 Å². The first-order valence-corrected chi connectivity index (χ1v) is 8.58. The summed E-state index contributed by atoms with van der Waals surface area (Å²) in [6.07, 6.45) is 3.45. The molecule has 0 heteroatoms. The second kappa shape index (κ2) is 7.13. The van der Waals surface area contributed by atoms with Gasteiger partial charge < -0.3 is 0 Å². The summed E-state index contributed by atoms with van der Waals surface area (Å²) in [6.45, 7) is 11.3. The molecule has 22 heavy (non-hydrogen) atoms. The molecule has 0 fully saturated rings. The molecule has 0 aromatic heterocycles. The lowest BCUT2D eigenvalue weighted by Gasteiger charge is -2.19. The van der Waals surface area contributed by atoms with Crippen LogP contribution >= 0.6 is 0 Å².